The number of ether oxygens (including phenoxy) is 1. The van der Waals surface area contributed by atoms with Gasteiger partial charge in [-0.1, -0.05) is 11.6 Å². The van der Waals surface area contributed by atoms with Crippen LogP contribution in [0.2, 0.25) is 5.02 Å². The molecule has 0 aromatic heterocycles. The molecule has 0 radical (unpaired) electrons. The Hall–Kier alpha value is -2.08. The van der Waals surface area contributed by atoms with Gasteiger partial charge >= 0.3 is 0 Å². The number of hydrogen-bond acceptors (Lipinski definition) is 4. The maximum Gasteiger partial charge on any atom is 0.229 e. The molecular weight excluding hydrogens is 296 g/mol. The summed E-state index contributed by atoms with van der Waals surface area (Å²) in [6, 6.07) is 4.90. The number of amides is 3. The highest BCUT2D eigenvalue weighted by Gasteiger charge is 2.28. The van der Waals surface area contributed by atoms with Gasteiger partial charge in [-0.05, 0) is 12.1 Å². The Morgan fingerprint density at radius 1 is 1.33 bits per heavy atom. The number of rotatable bonds is 5. The Morgan fingerprint density at radius 2 is 2.00 bits per heavy atom. The molecule has 1 N–H and O–H groups in total. The number of likely N-dealkylation sites (tertiary alicyclic amines) is 1. The molecule has 1 saturated heterocycles. The average molecular weight is 311 g/mol. The summed E-state index contributed by atoms with van der Waals surface area (Å²) in [5.74, 6) is -0.211. The largest absolute Gasteiger partial charge is 0.497 e. The molecule has 0 aliphatic carbocycles. The van der Waals surface area contributed by atoms with E-state index < -0.39 is 0 Å². The minimum Gasteiger partial charge on any atom is -0.497 e. The van der Waals surface area contributed by atoms with Crippen molar-refractivity contribution in [3.8, 4) is 5.75 Å². The van der Waals surface area contributed by atoms with Gasteiger partial charge in [-0.25, -0.2) is 0 Å². The molecule has 3 amide bonds. The van der Waals surface area contributed by atoms with Crippen LogP contribution in [-0.4, -0.2) is 36.3 Å². The van der Waals surface area contributed by atoms with Crippen LogP contribution >= 0.6 is 11.6 Å². The van der Waals surface area contributed by atoms with Gasteiger partial charge in [-0.2, -0.15) is 0 Å². The molecule has 1 aliphatic heterocycles. The lowest BCUT2D eigenvalue weighted by molar-refractivity contribution is -0.138. The first kappa shape index (κ1) is 15.3. The molecule has 0 unspecified atom stereocenters. The van der Waals surface area contributed by atoms with Gasteiger partial charge < -0.3 is 10.1 Å². The lowest BCUT2D eigenvalue weighted by Gasteiger charge is -2.14. The number of nitrogens with one attached hydrogen (secondary N) is 1. The number of halogens is 1. The molecule has 7 heteroatoms. The van der Waals surface area contributed by atoms with Gasteiger partial charge in [-0.15, -0.1) is 0 Å². The number of hydrogen-bond donors (Lipinski definition) is 1. The molecule has 0 atom stereocenters. The van der Waals surface area contributed by atoms with Gasteiger partial charge in [0.2, 0.25) is 17.7 Å². The lowest BCUT2D eigenvalue weighted by Crippen LogP contribution is -2.32. The van der Waals surface area contributed by atoms with E-state index in [9.17, 15) is 14.4 Å². The quantitative estimate of drug-likeness (QED) is 0.842. The fourth-order valence-corrected chi connectivity index (χ4v) is 2.19. The third kappa shape index (κ3) is 3.72. The van der Waals surface area contributed by atoms with E-state index in [1.54, 1.807) is 18.2 Å². The summed E-state index contributed by atoms with van der Waals surface area (Å²) in [4.78, 5) is 35.9. The Balaban J connectivity index is 1.93. The van der Waals surface area contributed by atoms with Crippen LogP contribution in [0.1, 0.15) is 19.3 Å². The third-order valence-corrected chi connectivity index (χ3v) is 3.49. The minimum atomic E-state index is -0.322. The van der Waals surface area contributed by atoms with Crippen LogP contribution in [0.4, 0.5) is 5.69 Å². The number of carbonyl (C=O) groups excluding carboxylic acids is 3. The molecule has 21 heavy (non-hydrogen) atoms. The Kier molecular flexibility index (Phi) is 4.80. The minimum absolute atomic E-state index is 0.0328. The topological polar surface area (TPSA) is 75.7 Å². The summed E-state index contributed by atoms with van der Waals surface area (Å²) in [6.45, 7) is 0.0884. The maximum absolute atomic E-state index is 11.9. The third-order valence-electron chi connectivity index (χ3n) is 3.16. The van der Waals surface area contributed by atoms with Gasteiger partial charge in [0.15, 0.2) is 0 Å². The van der Waals surface area contributed by atoms with Crippen molar-refractivity contribution in [2.24, 2.45) is 0 Å². The first-order valence-electron chi connectivity index (χ1n) is 6.48. The molecule has 0 saturated carbocycles. The zero-order valence-electron chi connectivity index (χ0n) is 11.5. The number of anilines is 1. The van der Waals surface area contributed by atoms with Crippen molar-refractivity contribution >= 4 is 35.0 Å². The number of carbonyl (C=O) groups is 3. The smallest absolute Gasteiger partial charge is 0.229 e. The van der Waals surface area contributed by atoms with Crippen molar-refractivity contribution in [2.45, 2.75) is 19.3 Å². The van der Waals surface area contributed by atoms with Crippen LogP contribution in [0, 0.1) is 0 Å². The van der Waals surface area contributed by atoms with E-state index in [4.69, 9.17) is 16.3 Å². The molecule has 0 spiro atoms. The fourth-order valence-electron chi connectivity index (χ4n) is 2.03. The second kappa shape index (κ2) is 6.58. The van der Waals surface area contributed by atoms with E-state index in [1.807, 2.05) is 0 Å². The van der Waals surface area contributed by atoms with Crippen LogP contribution in [0.15, 0.2) is 18.2 Å². The van der Waals surface area contributed by atoms with Crippen molar-refractivity contribution in [1.82, 2.24) is 4.90 Å². The van der Waals surface area contributed by atoms with Gasteiger partial charge in [0.05, 0.1) is 17.8 Å². The number of nitrogens with zero attached hydrogens (tertiary/aromatic N) is 1. The first-order valence-corrected chi connectivity index (χ1v) is 6.85. The molecule has 6 nitrogen and oxygen atoms in total. The standard InChI is InChI=1S/C14H15ClN2O4/c1-21-9-2-3-10(15)11(8-9)16-12(18)6-7-17-13(19)4-5-14(17)20/h2-3,8H,4-7H2,1H3,(H,16,18). The Bertz CT molecular complexity index is 572. The molecule has 1 fully saturated rings. The van der Waals surface area contributed by atoms with Crippen molar-refractivity contribution < 1.29 is 19.1 Å². The van der Waals surface area contributed by atoms with Crippen LogP contribution < -0.4 is 10.1 Å². The monoisotopic (exact) mass is 310 g/mol. The summed E-state index contributed by atoms with van der Waals surface area (Å²) in [6.07, 6.45) is 0.481. The molecule has 0 bridgehead atoms. The van der Waals surface area contributed by atoms with E-state index in [-0.39, 0.29) is 43.5 Å². The van der Waals surface area contributed by atoms with Gasteiger partial charge in [-0.3, -0.25) is 19.3 Å². The van der Waals surface area contributed by atoms with Gasteiger partial charge in [0.1, 0.15) is 5.75 Å². The maximum atomic E-state index is 11.9. The summed E-state index contributed by atoms with van der Waals surface area (Å²) < 4.78 is 5.05. The highest BCUT2D eigenvalue weighted by Crippen LogP contribution is 2.26. The van der Waals surface area contributed by atoms with E-state index in [0.29, 0.717) is 16.5 Å². The Labute approximate surface area is 127 Å². The van der Waals surface area contributed by atoms with Crippen LogP contribution in [0.25, 0.3) is 0 Å². The summed E-state index contributed by atoms with van der Waals surface area (Å²) >= 11 is 5.98. The molecule has 1 heterocycles. The van der Waals surface area contributed by atoms with E-state index in [1.165, 1.54) is 7.11 Å². The predicted molar refractivity (Wildman–Crippen MR) is 77.2 cm³/mol. The van der Waals surface area contributed by atoms with Crippen molar-refractivity contribution in [3.63, 3.8) is 0 Å². The summed E-state index contributed by atoms with van der Waals surface area (Å²) in [5, 5.41) is 3.02. The van der Waals surface area contributed by atoms with Crippen molar-refractivity contribution in [3.05, 3.63) is 23.2 Å². The SMILES string of the molecule is COc1ccc(Cl)c(NC(=O)CCN2C(=O)CCC2=O)c1. The predicted octanol–water partition coefficient (Wildman–Crippen LogP) is 1.83. The lowest BCUT2D eigenvalue weighted by atomic mass is 10.2. The van der Waals surface area contributed by atoms with Crippen molar-refractivity contribution in [1.29, 1.82) is 0 Å². The average Bonchev–Trinajstić information content (AvgIpc) is 2.78. The summed E-state index contributed by atoms with van der Waals surface area (Å²) in [5.41, 5.74) is 0.431. The highest BCUT2D eigenvalue weighted by molar-refractivity contribution is 6.33. The molecule has 1 aliphatic rings. The first-order chi connectivity index (χ1) is 10.0. The van der Waals surface area contributed by atoms with Gasteiger partial charge in [0, 0.05) is 31.9 Å². The molecule has 112 valence electrons. The number of imide groups is 1. The van der Waals surface area contributed by atoms with E-state index >= 15 is 0 Å². The fraction of sp³-hybridized carbons (Fsp3) is 0.357. The highest BCUT2D eigenvalue weighted by atomic mass is 35.5. The molecule has 1 aromatic rings. The normalized spacial score (nSPS) is 14.5. The zero-order chi connectivity index (χ0) is 15.4. The van der Waals surface area contributed by atoms with Crippen LogP contribution in [0.3, 0.4) is 0 Å². The number of methoxy groups -OCH3 is 1. The second-order valence-electron chi connectivity index (χ2n) is 4.58. The van der Waals surface area contributed by atoms with Gasteiger partial charge in [0.25, 0.3) is 0 Å². The second-order valence-corrected chi connectivity index (χ2v) is 4.99. The summed E-state index contributed by atoms with van der Waals surface area (Å²) in [7, 11) is 1.51. The van der Waals surface area contributed by atoms with Crippen LogP contribution in [0.5, 0.6) is 5.75 Å². The van der Waals surface area contributed by atoms with Crippen molar-refractivity contribution in [2.75, 3.05) is 19.0 Å². The van der Waals surface area contributed by atoms with E-state index in [0.717, 1.165) is 4.90 Å². The zero-order valence-corrected chi connectivity index (χ0v) is 12.3. The number of benzene rings is 1. The Morgan fingerprint density at radius 3 is 2.62 bits per heavy atom. The molecular formula is C14H15ClN2O4. The van der Waals surface area contributed by atoms with Crippen LogP contribution in [-0.2, 0) is 14.4 Å². The molecule has 1 aromatic carbocycles. The van der Waals surface area contributed by atoms with E-state index in [2.05, 4.69) is 5.32 Å². The molecule has 2 rings (SSSR count).